The number of halogens is 1. The predicted octanol–water partition coefficient (Wildman–Crippen LogP) is 3.77. The summed E-state index contributed by atoms with van der Waals surface area (Å²) in [7, 11) is 1.63. The summed E-state index contributed by atoms with van der Waals surface area (Å²) in [5.74, 6) is 0.120. The zero-order chi connectivity index (χ0) is 19.1. The number of nitrogens with one attached hydrogen (secondary N) is 2. The van der Waals surface area contributed by atoms with Gasteiger partial charge in [-0.3, -0.25) is 4.79 Å². The van der Waals surface area contributed by atoms with E-state index < -0.39 is 0 Å². The third-order valence-corrected chi connectivity index (χ3v) is 4.05. The Hall–Kier alpha value is -3.41. The van der Waals surface area contributed by atoms with Crippen molar-refractivity contribution in [3.63, 3.8) is 0 Å². The van der Waals surface area contributed by atoms with E-state index in [-0.39, 0.29) is 24.0 Å². The number of methoxy groups -OCH3 is 1. The average Bonchev–Trinajstić information content (AvgIpc) is 2.72. The Morgan fingerprint density at radius 2 is 1.81 bits per heavy atom. The van der Waals surface area contributed by atoms with Crippen LogP contribution >= 0.6 is 0 Å². The number of rotatable bonds is 7. The van der Waals surface area contributed by atoms with Crippen LogP contribution in [0.3, 0.4) is 0 Å². The third kappa shape index (κ3) is 5.04. The molecule has 6 heteroatoms. The van der Waals surface area contributed by atoms with E-state index >= 15 is 0 Å². The predicted molar refractivity (Wildman–Crippen MR) is 102 cm³/mol. The molecule has 5 nitrogen and oxygen atoms in total. The number of anilines is 1. The van der Waals surface area contributed by atoms with Crippen LogP contribution in [0.2, 0.25) is 0 Å². The molecule has 0 aliphatic heterocycles. The molecule has 1 aromatic heterocycles. The second-order valence-corrected chi connectivity index (χ2v) is 5.91. The van der Waals surface area contributed by atoms with Gasteiger partial charge in [-0.15, -0.1) is 0 Å². The summed E-state index contributed by atoms with van der Waals surface area (Å²) in [6, 6.07) is 17.5. The Bertz CT molecular complexity index is 896. The summed E-state index contributed by atoms with van der Waals surface area (Å²) in [6.45, 7) is 0.745. The van der Waals surface area contributed by atoms with E-state index in [4.69, 9.17) is 4.74 Å². The molecule has 0 unspecified atom stereocenters. The zero-order valence-corrected chi connectivity index (χ0v) is 14.9. The molecule has 0 bridgehead atoms. The van der Waals surface area contributed by atoms with Crippen molar-refractivity contribution in [1.82, 2.24) is 10.3 Å². The molecule has 3 rings (SSSR count). The molecule has 27 heavy (non-hydrogen) atoms. The maximum Gasteiger partial charge on any atom is 0.270 e. The van der Waals surface area contributed by atoms with Gasteiger partial charge >= 0.3 is 0 Å². The molecular weight excluding hydrogens is 345 g/mol. The highest BCUT2D eigenvalue weighted by Crippen LogP contribution is 2.13. The van der Waals surface area contributed by atoms with Gasteiger partial charge < -0.3 is 15.4 Å². The van der Waals surface area contributed by atoms with Crippen LogP contribution in [0.5, 0.6) is 5.75 Å². The normalized spacial score (nSPS) is 10.3. The summed E-state index contributed by atoms with van der Waals surface area (Å²) in [4.78, 5) is 16.3. The summed E-state index contributed by atoms with van der Waals surface area (Å²) in [5, 5.41) is 5.92. The van der Waals surface area contributed by atoms with E-state index in [1.165, 1.54) is 6.07 Å². The van der Waals surface area contributed by atoms with Crippen molar-refractivity contribution >= 4 is 11.6 Å². The number of hydrogen-bond acceptors (Lipinski definition) is 4. The molecule has 2 N–H and O–H groups in total. The smallest absolute Gasteiger partial charge is 0.270 e. The van der Waals surface area contributed by atoms with Crippen molar-refractivity contribution in [1.29, 1.82) is 0 Å². The number of amides is 1. The lowest BCUT2D eigenvalue weighted by Gasteiger charge is -2.09. The van der Waals surface area contributed by atoms with E-state index in [0.29, 0.717) is 12.1 Å². The van der Waals surface area contributed by atoms with Crippen molar-refractivity contribution in [3.8, 4) is 5.75 Å². The third-order valence-electron chi connectivity index (χ3n) is 4.05. The first-order chi connectivity index (χ1) is 13.2. The molecule has 0 atom stereocenters. The van der Waals surface area contributed by atoms with Gasteiger partial charge in [-0.05, 0) is 35.9 Å². The van der Waals surface area contributed by atoms with E-state index in [9.17, 15) is 9.18 Å². The second-order valence-electron chi connectivity index (χ2n) is 5.91. The molecule has 0 radical (unpaired) electrons. The van der Waals surface area contributed by atoms with E-state index in [0.717, 1.165) is 17.0 Å². The van der Waals surface area contributed by atoms with Gasteiger partial charge in [0, 0.05) is 18.7 Å². The number of carbonyl (C=O) groups is 1. The SMILES string of the molecule is COc1ccc(CNc2ccc(C(=O)NCc3ccccc3F)nc2)cc1. The molecule has 0 spiro atoms. The van der Waals surface area contributed by atoms with Crippen LogP contribution in [0, 0.1) is 5.82 Å². The lowest BCUT2D eigenvalue weighted by molar-refractivity contribution is 0.0945. The van der Waals surface area contributed by atoms with Gasteiger partial charge in [-0.1, -0.05) is 30.3 Å². The largest absolute Gasteiger partial charge is 0.497 e. The zero-order valence-electron chi connectivity index (χ0n) is 14.9. The highest BCUT2D eigenvalue weighted by Gasteiger charge is 2.08. The molecule has 1 heterocycles. The fourth-order valence-electron chi connectivity index (χ4n) is 2.49. The van der Waals surface area contributed by atoms with Crippen molar-refractivity contribution in [2.45, 2.75) is 13.1 Å². The van der Waals surface area contributed by atoms with E-state index in [2.05, 4.69) is 15.6 Å². The standard InChI is InChI=1S/C21H20FN3O2/c1-27-18-9-6-15(7-10-18)12-23-17-8-11-20(24-14-17)21(26)25-13-16-4-2-3-5-19(16)22/h2-11,14,23H,12-13H2,1H3,(H,25,26). The van der Waals surface area contributed by atoms with Crippen LogP contribution < -0.4 is 15.4 Å². The molecule has 2 aromatic carbocycles. The molecule has 0 aliphatic carbocycles. The van der Waals surface area contributed by atoms with Gasteiger partial charge in [0.2, 0.25) is 0 Å². The lowest BCUT2D eigenvalue weighted by Crippen LogP contribution is -2.24. The van der Waals surface area contributed by atoms with Crippen molar-refractivity contribution in [3.05, 3.63) is 89.5 Å². The highest BCUT2D eigenvalue weighted by molar-refractivity contribution is 5.92. The molecule has 3 aromatic rings. The summed E-state index contributed by atoms with van der Waals surface area (Å²) >= 11 is 0. The van der Waals surface area contributed by atoms with Crippen molar-refractivity contribution in [2.24, 2.45) is 0 Å². The Morgan fingerprint density at radius 3 is 2.48 bits per heavy atom. The van der Waals surface area contributed by atoms with E-state index in [1.54, 1.807) is 43.6 Å². The Morgan fingerprint density at radius 1 is 1.04 bits per heavy atom. The van der Waals surface area contributed by atoms with Gasteiger partial charge in [0.25, 0.3) is 5.91 Å². The molecule has 1 amide bonds. The topological polar surface area (TPSA) is 63.2 Å². The van der Waals surface area contributed by atoms with Crippen LogP contribution in [0.15, 0.2) is 66.9 Å². The van der Waals surface area contributed by atoms with Crippen LogP contribution in [0.1, 0.15) is 21.6 Å². The summed E-state index contributed by atoms with van der Waals surface area (Å²) in [6.07, 6.45) is 1.60. The maximum absolute atomic E-state index is 13.6. The molecule has 0 fully saturated rings. The number of hydrogen-bond donors (Lipinski definition) is 2. The Balaban J connectivity index is 1.53. The Labute approximate surface area is 157 Å². The van der Waals surface area contributed by atoms with Gasteiger partial charge in [-0.25, -0.2) is 9.37 Å². The van der Waals surface area contributed by atoms with Crippen molar-refractivity contribution in [2.75, 3.05) is 12.4 Å². The first kappa shape index (κ1) is 18.4. The summed E-state index contributed by atoms with van der Waals surface area (Å²) < 4.78 is 18.7. The van der Waals surface area contributed by atoms with Crippen LogP contribution in [0.25, 0.3) is 0 Å². The molecular formula is C21H20FN3O2. The lowest BCUT2D eigenvalue weighted by atomic mass is 10.2. The Kier molecular flexibility index (Phi) is 5.99. The second kappa shape index (κ2) is 8.80. The number of carbonyl (C=O) groups excluding carboxylic acids is 1. The van der Waals surface area contributed by atoms with Crippen LogP contribution in [0.4, 0.5) is 10.1 Å². The van der Waals surface area contributed by atoms with Gasteiger partial charge in [0.15, 0.2) is 0 Å². The fourth-order valence-corrected chi connectivity index (χ4v) is 2.49. The van der Waals surface area contributed by atoms with Crippen molar-refractivity contribution < 1.29 is 13.9 Å². The van der Waals surface area contributed by atoms with Gasteiger partial charge in [0.05, 0.1) is 19.0 Å². The number of benzene rings is 2. The number of ether oxygens (including phenoxy) is 1. The quantitative estimate of drug-likeness (QED) is 0.669. The molecule has 0 saturated heterocycles. The monoisotopic (exact) mass is 365 g/mol. The highest BCUT2D eigenvalue weighted by atomic mass is 19.1. The minimum atomic E-state index is -0.347. The molecule has 138 valence electrons. The minimum Gasteiger partial charge on any atom is -0.497 e. The minimum absolute atomic E-state index is 0.116. The van der Waals surface area contributed by atoms with E-state index in [1.807, 2.05) is 24.3 Å². The first-order valence-electron chi connectivity index (χ1n) is 8.50. The fraction of sp³-hybridized carbons (Fsp3) is 0.143. The summed E-state index contributed by atoms with van der Waals surface area (Å²) in [5.41, 5.74) is 2.61. The van der Waals surface area contributed by atoms with Gasteiger partial charge in [-0.2, -0.15) is 0 Å². The molecule has 0 aliphatic rings. The number of nitrogens with zero attached hydrogens (tertiary/aromatic N) is 1. The maximum atomic E-state index is 13.6. The van der Waals surface area contributed by atoms with Gasteiger partial charge in [0.1, 0.15) is 17.3 Å². The average molecular weight is 365 g/mol. The van der Waals surface area contributed by atoms with Crippen LogP contribution in [-0.4, -0.2) is 18.0 Å². The number of pyridine rings is 1. The number of aromatic nitrogens is 1. The first-order valence-corrected chi connectivity index (χ1v) is 8.50. The molecule has 0 saturated carbocycles. The van der Waals surface area contributed by atoms with Crippen LogP contribution in [-0.2, 0) is 13.1 Å².